The minimum absolute atomic E-state index is 0.176. The molecule has 0 saturated carbocycles. The second-order valence-corrected chi connectivity index (χ2v) is 2.45. The van der Waals surface area contributed by atoms with E-state index in [2.05, 4.69) is 6.58 Å². The zero-order valence-corrected chi connectivity index (χ0v) is 7.45. The summed E-state index contributed by atoms with van der Waals surface area (Å²) < 4.78 is 4.70. The Morgan fingerprint density at radius 1 is 1.54 bits per heavy atom. The molecular formula is C9H12O4. The van der Waals surface area contributed by atoms with E-state index in [-0.39, 0.29) is 6.61 Å². The molecular weight excluding hydrogens is 172 g/mol. The Morgan fingerprint density at radius 3 is 2.62 bits per heavy atom. The summed E-state index contributed by atoms with van der Waals surface area (Å²) in [6.45, 7) is 5.12. The minimum Gasteiger partial charge on any atom is -0.478 e. The van der Waals surface area contributed by atoms with Gasteiger partial charge in [-0.25, -0.2) is 9.59 Å². The first kappa shape index (κ1) is 11.4. The SMILES string of the molecule is C=C(C)C(=O)OCCC=CC(=O)O. The van der Waals surface area contributed by atoms with Crippen LogP contribution in [0.15, 0.2) is 24.3 Å². The molecule has 1 N–H and O–H groups in total. The van der Waals surface area contributed by atoms with Crippen molar-refractivity contribution in [2.24, 2.45) is 0 Å². The third-order valence-corrected chi connectivity index (χ3v) is 1.13. The Labute approximate surface area is 76.5 Å². The number of hydrogen-bond acceptors (Lipinski definition) is 3. The molecule has 0 heterocycles. The lowest BCUT2D eigenvalue weighted by Gasteiger charge is -2.00. The lowest BCUT2D eigenvalue weighted by molar-refractivity contribution is -0.138. The lowest BCUT2D eigenvalue weighted by Crippen LogP contribution is -2.05. The van der Waals surface area contributed by atoms with Crippen LogP contribution in [0.4, 0.5) is 0 Å². The lowest BCUT2D eigenvalue weighted by atomic mass is 10.3. The van der Waals surface area contributed by atoms with E-state index in [1.807, 2.05) is 0 Å². The smallest absolute Gasteiger partial charge is 0.333 e. The van der Waals surface area contributed by atoms with Crippen LogP contribution in [0, 0.1) is 0 Å². The predicted molar refractivity (Wildman–Crippen MR) is 47.2 cm³/mol. The highest BCUT2D eigenvalue weighted by molar-refractivity contribution is 5.86. The molecule has 0 bridgehead atoms. The number of ether oxygens (including phenoxy) is 1. The Bertz CT molecular complexity index is 240. The van der Waals surface area contributed by atoms with Crippen LogP contribution in [0.5, 0.6) is 0 Å². The molecule has 0 aliphatic rings. The number of aliphatic carboxylic acids is 1. The number of carboxylic acid groups (broad SMARTS) is 1. The molecule has 0 radical (unpaired) electrons. The van der Waals surface area contributed by atoms with Crippen LogP contribution < -0.4 is 0 Å². The monoisotopic (exact) mass is 184 g/mol. The van der Waals surface area contributed by atoms with Gasteiger partial charge >= 0.3 is 11.9 Å². The van der Waals surface area contributed by atoms with Gasteiger partial charge in [0.05, 0.1) is 6.61 Å². The second-order valence-electron chi connectivity index (χ2n) is 2.45. The van der Waals surface area contributed by atoms with E-state index in [0.717, 1.165) is 6.08 Å². The molecule has 0 aromatic carbocycles. The molecule has 13 heavy (non-hydrogen) atoms. The van der Waals surface area contributed by atoms with Crippen molar-refractivity contribution >= 4 is 11.9 Å². The van der Waals surface area contributed by atoms with Gasteiger partial charge in [0.25, 0.3) is 0 Å². The van der Waals surface area contributed by atoms with E-state index in [1.54, 1.807) is 6.92 Å². The Hall–Kier alpha value is -1.58. The predicted octanol–water partition coefficient (Wildman–Crippen LogP) is 1.14. The van der Waals surface area contributed by atoms with Crippen molar-refractivity contribution in [3.8, 4) is 0 Å². The van der Waals surface area contributed by atoms with Crippen molar-refractivity contribution in [3.05, 3.63) is 24.3 Å². The molecule has 0 rings (SSSR count). The Morgan fingerprint density at radius 2 is 2.15 bits per heavy atom. The van der Waals surface area contributed by atoms with Crippen LogP contribution in [-0.2, 0) is 14.3 Å². The van der Waals surface area contributed by atoms with Crippen molar-refractivity contribution < 1.29 is 19.4 Å². The maximum Gasteiger partial charge on any atom is 0.333 e. The average molecular weight is 184 g/mol. The summed E-state index contributed by atoms with van der Waals surface area (Å²) in [6, 6.07) is 0. The van der Waals surface area contributed by atoms with Crippen molar-refractivity contribution in [2.75, 3.05) is 6.61 Å². The first-order chi connectivity index (χ1) is 6.04. The number of esters is 1. The number of rotatable bonds is 5. The van der Waals surface area contributed by atoms with Gasteiger partial charge in [0, 0.05) is 18.1 Å². The van der Waals surface area contributed by atoms with Crippen LogP contribution in [0.25, 0.3) is 0 Å². The highest BCUT2D eigenvalue weighted by Gasteiger charge is 2.00. The average Bonchev–Trinajstić information content (AvgIpc) is 2.02. The van der Waals surface area contributed by atoms with Crippen LogP contribution in [0.3, 0.4) is 0 Å². The zero-order valence-electron chi connectivity index (χ0n) is 7.45. The van der Waals surface area contributed by atoms with Gasteiger partial charge in [-0.05, 0) is 6.92 Å². The van der Waals surface area contributed by atoms with Gasteiger partial charge < -0.3 is 9.84 Å². The van der Waals surface area contributed by atoms with Gasteiger partial charge in [0.2, 0.25) is 0 Å². The van der Waals surface area contributed by atoms with Crippen LogP contribution >= 0.6 is 0 Å². The van der Waals surface area contributed by atoms with E-state index in [4.69, 9.17) is 9.84 Å². The van der Waals surface area contributed by atoms with Gasteiger partial charge in [0.1, 0.15) is 0 Å². The van der Waals surface area contributed by atoms with E-state index in [9.17, 15) is 9.59 Å². The van der Waals surface area contributed by atoms with E-state index < -0.39 is 11.9 Å². The number of carboxylic acids is 1. The van der Waals surface area contributed by atoms with Crippen LogP contribution in [0.2, 0.25) is 0 Å². The maximum atomic E-state index is 10.8. The molecule has 0 aliphatic heterocycles. The minimum atomic E-state index is -1.01. The first-order valence-corrected chi connectivity index (χ1v) is 3.76. The maximum absolute atomic E-state index is 10.8. The molecule has 4 heteroatoms. The van der Waals surface area contributed by atoms with E-state index >= 15 is 0 Å². The van der Waals surface area contributed by atoms with Crippen molar-refractivity contribution in [3.63, 3.8) is 0 Å². The van der Waals surface area contributed by atoms with Crippen molar-refractivity contribution in [1.29, 1.82) is 0 Å². The highest BCUT2D eigenvalue weighted by Crippen LogP contribution is 1.93. The topological polar surface area (TPSA) is 63.6 Å². The van der Waals surface area contributed by atoms with E-state index in [1.165, 1.54) is 6.08 Å². The van der Waals surface area contributed by atoms with Gasteiger partial charge in [0.15, 0.2) is 0 Å². The summed E-state index contributed by atoms with van der Waals surface area (Å²) >= 11 is 0. The summed E-state index contributed by atoms with van der Waals surface area (Å²) in [5.41, 5.74) is 0.335. The molecule has 0 aromatic rings. The number of hydrogen-bond donors (Lipinski definition) is 1. The van der Waals surface area contributed by atoms with Crippen LogP contribution in [-0.4, -0.2) is 23.7 Å². The normalized spacial score (nSPS) is 9.92. The quantitative estimate of drug-likeness (QED) is 0.395. The highest BCUT2D eigenvalue weighted by atomic mass is 16.5. The molecule has 0 saturated heterocycles. The summed E-state index contributed by atoms with van der Waals surface area (Å²) in [6.07, 6.45) is 2.83. The van der Waals surface area contributed by atoms with Crippen molar-refractivity contribution in [1.82, 2.24) is 0 Å². The fraction of sp³-hybridized carbons (Fsp3) is 0.333. The van der Waals surface area contributed by atoms with Crippen LogP contribution in [0.1, 0.15) is 13.3 Å². The summed E-state index contributed by atoms with van der Waals surface area (Å²) in [7, 11) is 0. The number of carbonyl (C=O) groups is 2. The standard InChI is InChI=1S/C9H12O4/c1-7(2)9(12)13-6-4-3-5-8(10)11/h3,5H,1,4,6H2,2H3,(H,10,11). The molecule has 0 aromatic heterocycles. The van der Waals surface area contributed by atoms with Gasteiger partial charge in [-0.15, -0.1) is 0 Å². The summed E-state index contributed by atoms with van der Waals surface area (Å²) in [4.78, 5) is 20.8. The van der Waals surface area contributed by atoms with Gasteiger partial charge in [-0.2, -0.15) is 0 Å². The second kappa shape index (κ2) is 5.99. The van der Waals surface area contributed by atoms with E-state index in [0.29, 0.717) is 12.0 Å². The Balaban J connectivity index is 3.52. The molecule has 0 amide bonds. The van der Waals surface area contributed by atoms with Gasteiger partial charge in [-0.3, -0.25) is 0 Å². The van der Waals surface area contributed by atoms with Gasteiger partial charge in [-0.1, -0.05) is 12.7 Å². The number of carbonyl (C=O) groups excluding carboxylic acids is 1. The molecule has 0 unspecified atom stereocenters. The molecule has 0 atom stereocenters. The molecule has 4 nitrogen and oxygen atoms in total. The third kappa shape index (κ3) is 6.80. The molecule has 0 aliphatic carbocycles. The fourth-order valence-corrected chi connectivity index (χ4v) is 0.527. The zero-order chi connectivity index (χ0) is 10.3. The molecule has 0 fully saturated rings. The molecule has 0 spiro atoms. The molecule has 72 valence electrons. The first-order valence-electron chi connectivity index (χ1n) is 3.76. The third-order valence-electron chi connectivity index (χ3n) is 1.13. The largest absolute Gasteiger partial charge is 0.478 e. The summed E-state index contributed by atoms with van der Waals surface area (Å²) in [5.74, 6) is -1.46. The van der Waals surface area contributed by atoms with Crippen molar-refractivity contribution in [2.45, 2.75) is 13.3 Å². The Kier molecular flexibility index (Phi) is 5.27. The summed E-state index contributed by atoms with van der Waals surface area (Å²) in [5, 5.41) is 8.20. The fourth-order valence-electron chi connectivity index (χ4n) is 0.527.